The van der Waals surface area contributed by atoms with Gasteiger partial charge in [-0.2, -0.15) is 0 Å². The zero-order valence-corrected chi connectivity index (χ0v) is 11.7. The van der Waals surface area contributed by atoms with Gasteiger partial charge in [0.2, 0.25) is 5.91 Å². The molecule has 5 nitrogen and oxygen atoms in total. The first-order chi connectivity index (χ1) is 9.74. The van der Waals surface area contributed by atoms with Crippen molar-refractivity contribution in [1.29, 1.82) is 0 Å². The van der Waals surface area contributed by atoms with Crippen molar-refractivity contribution in [1.82, 2.24) is 14.9 Å². The van der Waals surface area contributed by atoms with Gasteiger partial charge in [0, 0.05) is 31.0 Å². The summed E-state index contributed by atoms with van der Waals surface area (Å²) in [6.07, 6.45) is 8.40. The van der Waals surface area contributed by atoms with Crippen LogP contribution in [0.3, 0.4) is 0 Å². The number of amides is 1. The van der Waals surface area contributed by atoms with E-state index in [9.17, 15) is 9.59 Å². The lowest BCUT2D eigenvalue weighted by Crippen LogP contribution is -2.31. The molecule has 2 saturated carbocycles. The summed E-state index contributed by atoms with van der Waals surface area (Å²) in [7, 11) is 0. The van der Waals surface area contributed by atoms with Gasteiger partial charge in [-0.1, -0.05) is 12.8 Å². The summed E-state index contributed by atoms with van der Waals surface area (Å²) in [5.74, 6) is 0.801. The first-order valence-electron chi connectivity index (χ1n) is 7.58. The Kier molecular flexibility index (Phi) is 3.85. The van der Waals surface area contributed by atoms with Gasteiger partial charge in [-0.05, 0) is 25.7 Å². The molecule has 20 heavy (non-hydrogen) atoms. The van der Waals surface area contributed by atoms with Crippen LogP contribution in [0.2, 0.25) is 0 Å². The third-order valence-electron chi connectivity index (χ3n) is 4.27. The summed E-state index contributed by atoms with van der Waals surface area (Å²) >= 11 is 0. The first kappa shape index (κ1) is 13.3. The molecule has 0 atom stereocenters. The molecule has 5 heteroatoms. The van der Waals surface area contributed by atoms with Gasteiger partial charge < -0.3 is 5.32 Å². The molecule has 0 aliphatic heterocycles. The average molecular weight is 275 g/mol. The van der Waals surface area contributed by atoms with Crippen LogP contribution < -0.4 is 10.9 Å². The molecular formula is C15H21N3O2. The maximum Gasteiger partial charge on any atom is 0.253 e. The van der Waals surface area contributed by atoms with Crippen molar-refractivity contribution in [2.24, 2.45) is 5.92 Å². The monoisotopic (exact) mass is 275 g/mol. The number of nitrogens with zero attached hydrogens (tertiary/aromatic N) is 2. The van der Waals surface area contributed by atoms with Gasteiger partial charge in [-0.15, -0.1) is 0 Å². The standard InChI is InChI=1S/C15H21N3O2/c19-14-9-13(11-3-1-2-4-11)17-10-18(14)8-7-16-15(20)12-5-6-12/h9-12H,1-8H2,(H,16,20). The molecule has 1 heterocycles. The number of hydrogen-bond donors (Lipinski definition) is 1. The normalized spacial score (nSPS) is 19.2. The van der Waals surface area contributed by atoms with Crippen molar-refractivity contribution in [3.05, 3.63) is 28.4 Å². The van der Waals surface area contributed by atoms with E-state index in [2.05, 4.69) is 10.3 Å². The van der Waals surface area contributed by atoms with Crippen LogP contribution >= 0.6 is 0 Å². The maximum atomic E-state index is 12.0. The SMILES string of the molecule is O=C(NCCn1cnc(C2CCCC2)cc1=O)C1CC1. The Labute approximate surface area is 118 Å². The number of hydrogen-bond acceptors (Lipinski definition) is 3. The van der Waals surface area contributed by atoms with Crippen LogP contribution in [0.5, 0.6) is 0 Å². The molecule has 2 aliphatic rings. The highest BCUT2D eigenvalue weighted by molar-refractivity contribution is 5.80. The van der Waals surface area contributed by atoms with Gasteiger partial charge in [0.1, 0.15) is 0 Å². The van der Waals surface area contributed by atoms with Crippen molar-refractivity contribution in [2.45, 2.75) is 51.0 Å². The highest BCUT2D eigenvalue weighted by Gasteiger charge is 2.29. The van der Waals surface area contributed by atoms with Gasteiger partial charge in [0.05, 0.1) is 12.0 Å². The van der Waals surface area contributed by atoms with Crippen molar-refractivity contribution < 1.29 is 4.79 Å². The van der Waals surface area contributed by atoms with Gasteiger partial charge in [0.25, 0.3) is 5.56 Å². The van der Waals surface area contributed by atoms with E-state index < -0.39 is 0 Å². The molecule has 0 saturated heterocycles. The predicted molar refractivity (Wildman–Crippen MR) is 75.4 cm³/mol. The fourth-order valence-electron chi connectivity index (χ4n) is 2.84. The van der Waals surface area contributed by atoms with E-state index >= 15 is 0 Å². The molecule has 1 amide bonds. The minimum Gasteiger partial charge on any atom is -0.354 e. The second-order valence-corrected chi connectivity index (χ2v) is 5.89. The van der Waals surface area contributed by atoms with E-state index in [1.54, 1.807) is 17.0 Å². The molecule has 0 unspecified atom stereocenters. The molecule has 3 rings (SSSR count). The first-order valence-corrected chi connectivity index (χ1v) is 7.58. The molecule has 0 aromatic carbocycles. The van der Waals surface area contributed by atoms with Crippen LogP contribution in [0.15, 0.2) is 17.2 Å². The molecule has 1 aromatic rings. The number of rotatable bonds is 5. The minimum atomic E-state index is -0.0115. The lowest BCUT2D eigenvalue weighted by Gasteiger charge is -2.10. The lowest BCUT2D eigenvalue weighted by molar-refractivity contribution is -0.122. The molecule has 0 bridgehead atoms. The van der Waals surface area contributed by atoms with E-state index in [4.69, 9.17) is 0 Å². The zero-order chi connectivity index (χ0) is 13.9. The van der Waals surface area contributed by atoms with Crippen molar-refractivity contribution in [3.63, 3.8) is 0 Å². The third kappa shape index (κ3) is 3.08. The Morgan fingerprint density at radius 2 is 2.05 bits per heavy atom. The lowest BCUT2D eigenvalue weighted by atomic mass is 10.0. The fourth-order valence-corrected chi connectivity index (χ4v) is 2.84. The van der Waals surface area contributed by atoms with Gasteiger partial charge in [-0.25, -0.2) is 4.98 Å². The van der Waals surface area contributed by atoms with Crippen LogP contribution in [0.25, 0.3) is 0 Å². The minimum absolute atomic E-state index is 0.0115. The molecule has 0 spiro atoms. The highest BCUT2D eigenvalue weighted by Crippen LogP contribution is 2.32. The van der Waals surface area contributed by atoms with Crippen LogP contribution in [-0.2, 0) is 11.3 Å². The Balaban J connectivity index is 1.56. The molecule has 1 N–H and O–H groups in total. The zero-order valence-electron chi connectivity index (χ0n) is 11.7. The van der Waals surface area contributed by atoms with E-state index in [1.165, 1.54) is 12.8 Å². The highest BCUT2D eigenvalue weighted by atomic mass is 16.2. The number of aromatic nitrogens is 2. The third-order valence-corrected chi connectivity index (χ3v) is 4.27. The van der Waals surface area contributed by atoms with E-state index in [0.29, 0.717) is 19.0 Å². The van der Waals surface area contributed by atoms with Gasteiger partial charge in [-0.3, -0.25) is 14.2 Å². The summed E-state index contributed by atoms with van der Waals surface area (Å²) in [6.45, 7) is 0.995. The molecule has 2 aliphatic carbocycles. The second kappa shape index (κ2) is 5.77. The van der Waals surface area contributed by atoms with Crippen LogP contribution in [-0.4, -0.2) is 22.0 Å². The molecule has 2 fully saturated rings. The van der Waals surface area contributed by atoms with Crippen LogP contribution in [0.4, 0.5) is 0 Å². The maximum absolute atomic E-state index is 12.0. The van der Waals surface area contributed by atoms with Gasteiger partial charge >= 0.3 is 0 Å². The topological polar surface area (TPSA) is 64.0 Å². The number of carbonyl (C=O) groups excluding carboxylic acids is 1. The number of nitrogens with one attached hydrogen (secondary N) is 1. The Morgan fingerprint density at radius 1 is 1.30 bits per heavy atom. The summed E-state index contributed by atoms with van der Waals surface area (Å²) in [5.41, 5.74) is 0.924. The van der Waals surface area contributed by atoms with Crippen molar-refractivity contribution in [3.8, 4) is 0 Å². The smallest absolute Gasteiger partial charge is 0.253 e. The van der Waals surface area contributed by atoms with Crippen LogP contribution in [0.1, 0.15) is 50.1 Å². The van der Waals surface area contributed by atoms with Crippen molar-refractivity contribution in [2.75, 3.05) is 6.54 Å². The van der Waals surface area contributed by atoms with Crippen LogP contribution in [0, 0.1) is 5.92 Å². The summed E-state index contributed by atoms with van der Waals surface area (Å²) in [5, 5.41) is 2.86. The number of carbonyl (C=O) groups is 1. The summed E-state index contributed by atoms with van der Waals surface area (Å²) < 4.78 is 1.58. The van der Waals surface area contributed by atoms with E-state index in [1.807, 2.05) is 0 Å². The van der Waals surface area contributed by atoms with Gasteiger partial charge in [0.15, 0.2) is 0 Å². The quantitative estimate of drug-likeness (QED) is 0.884. The molecule has 1 aromatic heterocycles. The van der Waals surface area contributed by atoms with Crippen molar-refractivity contribution >= 4 is 5.91 Å². The predicted octanol–water partition coefficient (Wildman–Crippen LogP) is 1.43. The van der Waals surface area contributed by atoms with E-state index in [0.717, 1.165) is 31.4 Å². The largest absolute Gasteiger partial charge is 0.354 e. The van der Waals surface area contributed by atoms with E-state index in [-0.39, 0.29) is 17.4 Å². The Bertz CT molecular complexity index is 542. The Hall–Kier alpha value is -1.65. The second-order valence-electron chi connectivity index (χ2n) is 5.89. The average Bonchev–Trinajstić information content (AvgIpc) is 3.16. The fraction of sp³-hybridized carbons (Fsp3) is 0.667. The Morgan fingerprint density at radius 3 is 2.70 bits per heavy atom. The summed E-state index contributed by atoms with van der Waals surface area (Å²) in [6, 6.07) is 1.67. The molecule has 108 valence electrons. The summed E-state index contributed by atoms with van der Waals surface area (Å²) in [4.78, 5) is 27.9. The molecule has 0 radical (unpaired) electrons. The molecular weight excluding hydrogens is 254 g/mol.